The number of ether oxygens (including phenoxy) is 1. The van der Waals surface area contributed by atoms with Gasteiger partial charge >= 0.3 is 0 Å². The molecule has 2 aromatic carbocycles. The first-order valence-electron chi connectivity index (χ1n) is 9.49. The summed E-state index contributed by atoms with van der Waals surface area (Å²) in [5.41, 5.74) is 2.22. The van der Waals surface area contributed by atoms with Crippen molar-refractivity contribution in [3.8, 4) is 5.69 Å². The highest BCUT2D eigenvalue weighted by Crippen LogP contribution is 2.17. The summed E-state index contributed by atoms with van der Waals surface area (Å²) in [7, 11) is 0. The molecule has 9 heteroatoms. The van der Waals surface area contributed by atoms with E-state index in [1.165, 1.54) is 16.8 Å². The van der Waals surface area contributed by atoms with E-state index in [2.05, 4.69) is 15.6 Å². The van der Waals surface area contributed by atoms with Gasteiger partial charge in [0.15, 0.2) is 5.69 Å². The minimum Gasteiger partial charge on any atom is -0.378 e. The van der Waals surface area contributed by atoms with Gasteiger partial charge in [-0.05, 0) is 49.4 Å². The van der Waals surface area contributed by atoms with Crippen molar-refractivity contribution >= 4 is 17.5 Å². The molecule has 0 atom stereocenters. The van der Waals surface area contributed by atoms with Gasteiger partial charge in [-0.3, -0.25) is 9.59 Å². The van der Waals surface area contributed by atoms with E-state index >= 15 is 0 Å². The molecule has 1 aromatic heterocycles. The van der Waals surface area contributed by atoms with E-state index in [0.29, 0.717) is 48.9 Å². The number of carbonyl (C=O) groups is 2. The lowest BCUT2D eigenvalue weighted by Crippen LogP contribution is -2.40. The maximum atomic E-state index is 13.1. The molecule has 1 aliphatic rings. The number of anilines is 1. The molecule has 2 heterocycles. The van der Waals surface area contributed by atoms with Crippen LogP contribution in [0.25, 0.3) is 5.69 Å². The van der Waals surface area contributed by atoms with Gasteiger partial charge in [-0.1, -0.05) is 11.3 Å². The number of halogens is 1. The summed E-state index contributed by atoms with van der Waals surface area (Å²) in [5, 5.41) is 10.7. The van der Waals surface area contributed by atoms with E-state index in [1.54, 1.807) is 48.2 Å². The first-order chi connectivity index (χ1) is 14.5. The lowest BCUT2D eigenvalue weighted by atomic mass is 10.1. The lowest BCUT2D eigenvalue weighted by Gasteiger charge is -2.27. The molecule has 1 fully saturated rings. The van der Waals surface area contributed by atoms with Crippen LogP contribution in [0.5, 0.6) is 0 Å². The molecule has 4 rings (SSSR count). The lowest BCUT2D eigenvalue weighted by molar-refractivity contribution is 0.0303. The van der Waals surface area contributed by atoms with Gasteiger partial charge in [0, 0.05) is 24.3 Å². The summed E-state index contributed by atoms with van der Waals surface area (Å²) in [6, 6.07) is 12.5. The van der Waals surface area contributed by atoms with Gasteiger partial charge in [-0.15, -0.1) is 5.10 Å². The number of aromatic nitrogens is 3. The van der Waals surface area contributed by atoms with E-state index in [1.807, 2.05) is 0 Å². The second-order valence-corrected chi connectivity index (χ2v) is 6.85. The quantitative estimate of drug-likeness (QED) is 0.715. The molecule has 0 saturated carbocycles. The van der Waals surface area contributed by atoms with Crippen LogP contribution in [-0.2, 0) is 4.74 Å². The zero-order chi connectivity index (χ0) is 21.1. The maximum absolute atomic E-state index is 13.1. The molecule has 0 radical (unpaired) electrons. The molecule has 1 N–H and O–H groups in total. The van der Waals surface area contributed by atoms with Crippen molar-refractivity contribution in [1.29, 1.82) is 0 Å². The van der Waals surface area contributed by atoms with Gasteiger partial charge in [0.2, 0.25) is 0 Å². The van der Waals surface area contributed by atoms with E-state index in [-0.39, 0.29) is 17.4 Å². The molecule has 2 amide bonds. The molecule has 3 aromatic rings. The molecule has 0 unspecified atom stereocenters. The standard InChI is InChI=1S/C21H20FN5O3/c1-14-19(24-25-27(14)18-7-5-16(22)6-8-18)20(28)23-17-4-2-3-15(13-17)21(29)26-9-11-30-12-10-26/h2-8,13H,9-12H2,1H3,(H,23,28). The van der Waals surface area contributed by atoms with E-state index in [9.17, 15) is 14.0 Å². The van der Waals surface area contributed by atoms with Gasteiger partial charge in [-0.25, -0.2) is 9.07 Å². The number of nitrogens with one attached hydrogen (secondary N) is 1. The average Bonchev–Trinajstić information content (AvgIpc) is 3.16. The number of benzene rings is 2. The highest BCUT2D eigenvalue weighted by atomic mass is 19.1. The minimum absolute atomic E-state index is 0.104. The number of rotatable bonds is 4. The molecule has 154 valence electrons. The van der Waals surface area contributed by atoms with Crippen LogP contribution < -0.4 is 5.32 Å². The molecule has 30 heavy (non-hydrogen) atoms. The highest BCUT2D eigenvalue weighted by molar-refractivity contribution is 6.04. The molecule has 0 bridgehead atoms. The van der Waals surface area contributed by atoms with Gasteiger partial charge in [0.1, 0.15) is 5.82 Å². The van der Waals surface area contributed by atoms with Crippen molar-refractivity contribution in [3.63, 3.8) is 0 Å². The number of nitrogens with zero attached hydrogens (tertiary/aromatic N) is 4. The van der Waals surface area contributed by atoms with Gasteiger partial charge in [0.25, 0.3) is 11.8 Å². The topological polar surface area (TPSA) is 89.3 Å². The molecular weight excluding hydrogens is 389 g/mol. The Balaban J connectivity index is 1.50. The van der Waals surface area contributed by atoms with Crippen molar-refractivity contribution in [2.45, 2.75) is 6.92 Å². The zero-order valence-corrected chi connectivity index (χ0v) is 16.3. The maximum Gasteiger partial charge on any atom is 0.278 e. The van der Waals surface area contributed by atoms with Crippen LogP contribution in [0.3, 0.4) is 0 Å². The second kappa shape index (κ2) is 8.42. The fraction of sp³-hybridized carbons (Fsp3) is 0.238. The largest absolute Gasteiger partial charge is 0.378 e. The summed E-state index contributed by atoms with van der Waals surface area (Å²) in [4.78, 5) is 27.1. The monoisotopic (exact) mass is 409 g/mol. The first-order valence-corrected chi connectivity index (χ1v) is 9.49. The third-order valence-corrected chi connectivity index (χ3v) is 4.85. The Labute approximate surface area is 172 Å². The summed E-state index contributed by atoms with van der Waals surface area (Å²) >= 11 is 0. The third kappa shape index (κ3) is 4.06. The Kier molecular flexibility index (Phi) is 5.53. The Morgan fingerprint density at radius 1 is 1.10 bits per heavy atom. The number of hydrogen-bond acceptors (Lipinski definition) is 5. The van der Waals surface area contributed by atoms with Crippen molar-refractivity contribution in [2.75, 3.05) is 31.6 Å². The van der Waals surface area contributed by atoms with Crippen LogP contribution in [0, 0.1) is 12.7 Å². The smallest absolute Gasteiger partial charge is 0.278 e. The fourth-order valence-corrected chi connectivity index (χ4v) is 3.24. The Bertz CT molecular complexity index is 1070. The minimum atomic E-state index is -0.447. The van der Waals surface area contributed by atoms with Crippen LogP contribution in [0.4, 0.5) is 10.1 Å². The fourth-order valence-electron chi connectivity index (χ4n) is 3.24. The number of hydrogen-bond donors (Lipinski definition) is 1. The molecule has 8 nitrogen and oxygen atoms in total. The Morgan fingerprint density at radius 2 is 1.83 bits per heavy atom. The molecular formula is C21H20FN5O3. The molecule has 1 aliphatic heterocycles. The van der Waals surface area contributed by atoms with Gasteiger partial charge in [0.05, 0.1) is 24.6 Å². The predicted molar refractivity (Wildman–Crippen MR) is 107 cm³/mol. The van der Waals surface area contributed by atoms with Crippen LogP contribution >= 0.6 is 0 Å². The number of morpholine rings is 1. The van der Waals surface area contributed by atoms with E-state index in [0.717, 1.165) is 0 Å². The summed E-state index contributed by atoms with van der Waals surface area (Å²) in [6.07, 6.45) is 0. The summed E-state index contributed by atoms with van der Waals surface area (Å²) in [5.74, 6) is -0.911. The average molecular weight is 409 g/mol. The van der Waals surface area contributed by atoms with Crippen LogP contribution in [0.1, 0.15) is 26.5 Å². The molecule has 0 aliphatic carbocycles. The Morgan fingerprint density at radius 3 is 2.57 bits per heavy atom. The van der Waals surface area contributed by atoms with Crippen LogP contribution in [0.15, 0.2) is 48.5 Å². The van der Waals surface area contributed by atoms with E-state index < -0.39 is 5.91 Å². The predicted octanol–water partition coefficient (Wildman–Crippen LogP) is 2.44. The molecule has 0 spiro atoms. The van der Waals surface area contributed by atoms with Crippen LogP contribution in [-0.4, -0.2) is 58.0 Å². The van der Waals surface area contributed by atoms with Crippen molar-refractivity contribution in [2.24, 2.45) is 0 Å². The summed E-state index contributed by atoms with van der Waals surface area (Å²) in [6.45, 7) is 3.83. The third-order valence-electron chi connectivity index (χ3n) is 4.85. The van der Waals surface area contributed by atoms with Crippen molar-refractivity contribution in [1.82, 2.24) is 19.9 Å². The zero-order valence-electron chi connectivity index (χ0n) is 16.3. The number of amides is 2. The number of carbonyl (C=O) groups excluding carboxylic acids is 2. The second-order valence-electron chi connectivity index (χ2n) is 6.85. The molecule has 1 saturated heterocycles. The van der Waals surface area contributed by atoms with Crippen molar-refractivity contribution < 1.29 is 18.7 Å². The Hall–Kier alpha value is -3.59. The SMILES string of the molecule is Cc1c(C(=O)Nc2cccc(C(=O)N3CCOCC3)c2)nnn1-c1ccc(F)cc1. The van der Waals surface area contributed by atoms with Crippen molar-refractivity contribution in [3.05, 3.63) is 71.3 Å². The normalized spacial score (nSPS) is 13.9. The van der Waals surface area contributed by atoms with E-state index in [4.69, 9.17) is 4.74 Å². The summed E-state index contributed by atoms with van der Waals surface area (Å²) < 4.78 is 19.9. The van der Waals surface area contributed by atoms with Crippen LogP contribution in [0.2, 0.25) is 0 Å². The highest BCUT2D eigenvalue weighted by Gasteiger charge is 2.20. The first kappa shape index (κ1) is 19.7. The van der Waals surface area contributed by atoms with Gasteiger partial charge < -0.3 is 15.0 Å². The van der Waals surface area contributed by atoms with Gasteiger partial charge in [-0.2, -0.15) is 0 Å².